The summed E-state index contributed by atoms with van der Waals surface area (Å²) in [6, 6.07) is 13.5. The number of nitrogens with one attached hydrogen (secondary N) is 2. The molecule has 1 spiro atoms. The number of aliphatic hydroxyl groups excluding tert-OH is 1. The van der Waals surface area contributed by atoms with E-state index >= 15 is 0 Å². The number of carbonyl (C=O) groups excluding carboxylic acids is 2. The summed E-state index contributed by atoms with van der Waals surface area (Å²) >= 11 is 0. The molecule has 1 aliphatic carbocycles. The Morgan fingerprint density at radius 2 is 1.97 bits per heavy atom. The van der Waals surface area contributed by atoms with Crippen molar-refractivity contribution in [1.29, 1.82) is 0 Å². The number of rotatable bonds is 5. The van der Waals surface area contributed by atoms with Crippen LogP contribution in [0.1, 0.15) is 47.2 Å². The molecule has 0 bridgehead atoms. The van der Waals surface area contributed by atoms with Gasteiger partial charge < -0.3 is 20.5 Å². The summed E-state index contributed by atoms with van der Waals surface area (Å²) in [5.41, 5.74) is 2.86. The number of hydrogen-bond donors (Lipinski definition) is 3. The van der Waals surface area contributed by atoms with E-state index in [4.69, 9.17) is 4.74 Å². The second kappa shape index (κ2) is 8.56. The average molecular weight is 436 g/mol. The standard InChI is InChI=1S/C25H29N3O4/c29-20(16-28-12-9-17-5-1-2-6-19(17)15-28)14-26-23(30)18-7-8-22-21(13-18)27-24(31)25(32-22)10-3-4-11-25/h1-2,5-8,13,20,29H,3-4,9-12,14-16H2,(H,26,30)(H,27,31)/t20-/m0/s1. The molecule has 2 aromatic carbocycles. The highest BCUT2D eigenvalue weighted by molar-refractivity contribution is 6.03. The topological polar surface area (TPSA) is 90.9 Å². The molecule has 2 aromatic rings. The van der Waals surface area contributed by atoms with E-state index in [1.54, 1.807) is 18.2 Å². The van der Waals surface area contributed by atoms with Crippen molar-refractivity contribution in [2.45, 2.75) is 50.4 Å². The molecule has 7 heteroatoms. The molecule has 0 aromatic heterocycles. The van der Waals surface area contributed by atoms with Gasteiger partial charge in [0.15, 0.2) is 5.60 Å². The van der Waals surface area contributed by atoms with Gasteiger partial charge >= 0.3 is 0 Å². The van der Waals surface area contributed by atoms with Gasteiger partial charge in [0.05, 0.1) is 11.8 Å². The summed E-state index contributed by atoms with van der Waals surface area (Å²) in [5, 5.41) is 16.2. The molecular weight excluding hydrogens is 406 g/mol. The van der Waals surface area contributed by atoms with Gasteiger partial charge in [-0.15, -0.1) is 0 Å². The van der Waals surface area contributed by atoms with Crippen LogP contribution in [0.15, 0.2) is 42.5 Å². The molecule has 3 aliphatic rings. The van der Waals surface area contributed by atoms with Gasteiger partial charge in [0.2, 0.25) is 0 Å². The minimum atomic E-state index is -0.754. The Morgan fingerprint density at radius 3 is 2.78 bits per heavy atom. The first-order valence-corrected chi connectivity index (χ1v) is 11.4. The van der Waals surface area contributed by atoms with Crippen LogP contribution in [0.5, 0.6) is 5.75 Å². The average Bonchev–Trinajstić information content (AvgIpc) is 3.27. The van der Waals surface area contributed by atoms with E-state index in [2.05, 4.69) is 33.7 Å². The quantitative estimate of drug-likeness (QED) is 0.671. The second-order valence-electron chi connectivity index (χ2n) is 9.09. The molecule has 0 radical (unpaired) electrons. The minimum Gasteiger partial charge on any atom is -0.475 e. The van der Waals surface area contributed by atoms with Crippen molar-refractivity contribution in [1.82, 2.24) is 10.2 Å². The van der Waals surface area contributed by atoms with E-state index in [9.17, 15) is 14.7 Å². The molecule has 32 heavy (non-hydrogen) atoms. The van der Waals surface area contributed by atoms with Crippen molar-refractivity contribution >= 4 is 17.5 Å². The third-order valence-corrected chi connectivity index (χ3v) is 6.80. The first-order chi connectivity index (χ1) is 15.5. The van der Waals surface area contributed by atoms with Gasteiger partial charge in [-0.3, -0.25) is 14.5 Å². The van der Waals surface area contributed by atoms with Crippen molar-refractivity contribution in [3.8, 4) is 5.75 Å². The zero-order valence-corrected chi connectivity index (χ0v) is 18.1. The van der Waals surface area contributed by atoms with E-state index in [1.165, 1.54) is 11.1 Å². The van der Waals surface area contributed by atoms with Gasteiger partial charge in [0.1, 0.15) is 5.75 Å². The molecule has 1 atom stereocenters. The Labute approximate surface area is 187 Å². The van der Waals surface area contributed by atoms with Crippen LogP contribution in [0, 0.1) is 0 Å². The van der Waals surface area contributed by atoms with Gasteiger partial charge in [-0.05, 0) is 61.4 Å². The van der Waals surface area contributed by atoms with E-state index in [0.29, 0.717) is 23.5 Å². The maximum Gasteiger partial charge on any atom is 0.268 e. The van der Waals surface area contributed by atoms with Gasteiger partial charge in [-0.2, -0.15) is 0 Å². The molecule has 1 saturated carbocycles. The summed E-state index contributed by atoms with van der Waals surface area (Å²) in [5.74, 6) is 0.193. The van der Waals surface area contributed by atoms with Crippen molar-refractivity contribution in [3.63, 3.8) is 0 Å². The van der Waals surface area contributed by atoms with Crippen LogP contribution in [0.2, 0.25) is 0 Å². The normalized spacial score (nSPS) is 20.1. The molecule has 1 fully saturated rings. The highest BCUT2D eigenvalue weighted by Crippen LogP contribution is 2.42. The summed E-state index contributed by atoms with van der Waals surface area (Å²) in [7, 11) is 0. The molecule has 3 N–H and O–H groups in total. The Balaban J connectivity index is 1.16. The zero-order chi connectivity index (χ0) is 22.1. The predicted octanol–water partition coefficient (Wildman–Crippen LogP) is 2.48. The third kappa shape index (κ3) is 4.10. The molecule has 5 rings (SSSR count). The fraction of sp³-hybridized carbons (Fsp3) is 0.440. The summed E-state index contributed by atoms with van der Waals surface area (Å²) in [6.07, 6.45) is 3.72. The first kappa shape index (κ1) is 21.0. The number of ether oxygens (including phenoxy) is 1. The van der Waals surface area contributed by atoms with Crippen LogP contribution in [0.3, 0.4) is 0 Å². The van der Waals surface area contributed by atoms with Gasteiger partial charge in [-0.25, -0.2) is 0 Å². The van der Waals surface area contributed by atoms with E-state index in [1.807, 2.05) is 6.07 Å². The SMILES string of the molecule is O=C(NC[C@H](O)CN1CCc2ccccc2C1)c1ccc2c(c1)NC(=O)C1(CCCC1)O2. The number of amides is 2. The number of benzene rings is 2. The van der Waals surface area contributed by atoms with Crippen LogP contribution in [0.25, 0.3) is 0 Å². The number of fused-ring (bicyclic) bond motifs is 2. The lowest BCUT2D eigenvalue weighted by molar-refractivity contribution is -0.131. The van der Waals surface area contributed by atoms with Crippen LogP contribution in [-0.4, -0.2) is 53.2 Å². The Kier molecular flexibility index (Phi) is 5.61. The summed E-state index contributed by atoms with van der Waals surface area (Å²) in [4.78, 5) is 27.4. The number of anilines is 1. The number of aliphatic hydroxyl groups is 1. The molecule has 2 aliphatic heterocycles. The van der Waals surface area contributed by atoms with Crippen LogP contribution in [0.4, 0.5) is 5.69 Å². The number of carbonyl (C=O) groups is 2. The summed E-state index contributed by atoms with van der Waals surface area (Å²) in [6.45, 7) is 2.38. The molecule has 2 heterocycles. The van der Waals surface area contributed by atoms with Crippen molar-refractivity contribution < 1.29 is 19.4 Å². The second-order valence-corrected chi connectivity index (χ2v) is 9.09. The van der Waals surface area contributed by atoms with Crippen LogP contribution in [-0.2, 0) is 17.8 Å². The molecular formula is C25H29N3O4. The third-order valence-electron chi connectivity index (χ3n) is 6.80. The van der Waals surface area contributed by atoms with Crippen molar-refractivity contribution in [2.24, 2.45) is 0 Å². The Hall–Kier alpha value is -2.90. The fourth-order valence-electron chi connectivity index (χ4n) is 5.01. The summed E-state index contributed by atoms with van der Waals surface area (Å²) < 4.78 is 6.05. The predicted molar refractivity (Wildman–Crippen MR) is 121 cm³/mol. The first-order valence-electron chi connectivity index (χ1n) is 11.4. The highest BCUT2D eigenvalue weighted by atomic mass is 16.5. The lowest BCUT2D eigenvalue weighted by atomic mass is 9.98. The van der Waals surface area contributed by atoms with Crippen molar-refractivity contribution in [2.75, 3.05) is 25.0 Å². The molecule has 168 valence electrons. The van der Waals surface area contributed by atoms with E-state index < -0.39 is 11.7 Å². The molecule has 7 nitrogen and oxygen atoms in total. The molecule has 2 amide bonds. The largest absolute Gasteiger partial charge is 0.475 e. The van der Waals surface area contributed by atoms with Crippen LogP contribution < -0.4 is 15.4 Å². The van der Waals surface area contributed by atoms with Gasteiger partial charge in [0.25, 0.3) is 11.8 Å². The van der Waals surface area contributed by atoms with E-state index in [-0.39, 0.29) is 18.4 Å². The van der Waals surface area contributed by atoms with E-state index in [0.717, 1.165) is 45.2 Å². The minimum absolute atomic E-state index is 0.126. The lowest BCUT2D eigenvalue weighted by Crippen LogP contribution is -2.48. The zero-order valence-electron chi connectivity index (χ0n) is 18.1. The smallest absolute Gasteiger partial charge is 0.268 e. The monoisotopic (exact) mass is 435 g/mol. The molecule has 0 unspecified atom stereocenters. The highest BCUT2D eigenvalue weighted by Gasteiger charge is 2.46. The lowest BCUT2D eigenvalue weighted by Gasteiger charge is -2.34. The maximum absolute atomic E-state index is 12.6. The maximum atomic E-state index is 12.6. The Morgan fingerprint density at radius 1 is 1.19 bits per heavy atom. The van der Waals surface area contributed by atoms with Gasteiger partial charge in [-0.1, -0.05) is 24.3 Å². The molecule has 0 saturated heterocycles. The van der Waals surface area contributed by atoms with Crippen molar-refractivity contribution in [3.05, 3.63) is 59.2 Å². The number of β-amino-alcohol motifs (C(OH)–C–C–N with tert-alkyl or cyclic N) is 1. The van der Waals surface area contributed by atoms with Crippen LogP contribution >= 0.6 is 0 Å². The number of hydrogen-bond acceptors (Lipinski definition) is 5. The Bertz CT molecular complexity index is 1030. The van der Waals surface area contributed by atoms with Gasteiger partial charge in [0, 0.05) is 31.7 Å². The number of nitrogens with zero attached hydrogens (tertiary/aromatic N) is 1. The fourth-order valence-corrected chi connectivity index (χ4v) is 5.01.